The molecule has 1 aliphatic carbocycles. The summed E-state index contributed by atoms with van der Waals surface area (Å²) in [5.74, 6) is 0. The smallest absolute Gasteiger partial charge is 0.317 e. The third kappa shape index (κ3) is 5.82. The molecule has 0 aromatic heterocycles. The molecule has 1 atom stereocenters. The van der Waals surface area contributed by atoms with Crippen LogP contribution in [0.5, 0.6) is 0 Å². The van der Waals surface area contributed by atoms with Gasteiger partial charge in [0.15, 0.2) is 0 Å². The molecule has 0 saturated heterocycles. The van der Waals surface area contributed by atoms with Crippen LogP contribution in [0.3, 0.4) is 0 Å². The van der Waals surface area contributed by atoms with Gasteiger partial charge in [-0.3, -0.25) is 0 Å². The van der Waals surface area contributed by atoms with Crippen LogP contribution in [0, 0.1) is 0 Å². The van der Waals surface area contributed by atoms with Crippen LogP contribution in [0.4, 0.5) is 4.79 Å². The first kappa shape index (κ1) is 18.8. The maximum Gasteiger partial charge on any atom is 0.317 e. The van der Waals surface area contributed by atoms with Crippen LogP contribution in [-0.4, -0.2) is 55.6 Å². The molecule has 0 aliphatic heterocycles. The summed E-state index contributed by atoms with van der Waals surface area (Å²) in [4.78, 5) is 16.7. The van der Waals surface area contributed by atoms with Crippen LogP contribution in [0.15, 0.2) is 30.3 Å². The van der Waals surface area contributed by atoms with Gasteiger partial charge in [0.05, 0.1) is 0 Å². The van der Waals surface area contributed by atoms with Gasteiger partial charge in [0, 0.05) is 25.7 Å². The van der Waals surface area contributed by atoms with Crippen molar-refractivity contribution in [3.05, 3.63) is 35.9 Å². The van der Waals surface area contributed by atoms with Crippen LogP contribution in [-0.2, 0) is 6.42 Å². The molecular formula is C20H33N3O. The summed E-state index contributed by atoms with van der Waals surface area (Å²) in [6, 6.07) is 11.3. The van der Waals surface area contributed by atoms with Crippen molar-refractivity contribution in [3.63, 3.8) is 0 Å². The van der Waals surface area contributed by atoms with E-state index in [0.29, 0.717) is 18.6 Å². The fraction of sp³-hybridized carbons (Fsp3) is 0.650. The number of nitrogens with one attached hydrogen (secondary N) is 1. The average Bonchev–Trinajstić information content (AvgIpc) is 2.87. The molecular weight excluding hydrogens is 298 g/mol. The molecule has 1 aliphatic rings. The number of amides is 2. The highest BCUT2D eigenvalue weighted by molar-refractivity contribution is 5.74. The van der Waals surface area contributed by atoms with Crippen molar-refractivity contribution < 1.29 is 4.79 Å². The molecule has 0 radical (unpaired) electrons. The van der Waals surface area contributed by atoms with Crippen molar-refractivity contribution in [3.8, 4) is 0 Å². The third-order valence-corrected chi connectivity index (χ3v) is 5.23. The molecule has 1 unspecified atom stereocenters. The van der Waals surface area contributed by atoms with Crippen molar-refractivity contribution in [2.45, 2.75) is 57.0 Å². The van der Waals surface area contributed by atoms with Gasteiger partial charge in [-0.15, -0.1) is 0 Å². The second-order valence-corrected chi connectivity index (χ2v) is 7.25. The first-order valence-corrected chi connectivity index (χ1v) is 9.29. The van der Waals surface area contributed by atoms with E-state index in [9.17, 15) is 4.79 Å². The van der Waals surface area contributed by atoms with E-state index in [0.717, 1.165) is 19.3 Å². The van der Waals surface area contributed by atoms with E-state index in [-0.39, 0.29) is 6.03 Å². The zero-order valence-corrected chi connectivity index (χ0v) is 15.5. The summed E-state index contributed by atoms with van der Waals surface area (Å²) < 4.78 is 0. The van der Waals surface area contributed by atoms with Crippen LogP contribution in [0.2, 0.25) is 0 Å². The number of nitrogens with zero attached hydrogens (tertiary/aromatic N) is 2. The minimum Gasteiger partial charge on any atom is -0.336 e. The predicted octanol–water partition coefficient (Wildman–Crippen LogP) is 3.52. The van der Waals surface area contributed by atoms with Gasteiger partial charge in [-0.25, -0.2) is 4.79 Å². The molecule has 1 aromatic carbocycles. The minimum atomic E-state index is 0.0711. The Balaban J connectivity index is 1.85. The second kappa shape index (κ2) is 9.67. The molecule has 1 N–H and O–H groups in total. The summed E-state index contributed by atoms with van der Waals surface area (Å²) in [6.07, 6.45) is 8.35. The van der Waals surface area contributed by atoms with Crippen molar-refractivity contribution >= 4 is 6.03 Å². The fourth-order valence-electron chi connectivity index (χ4n) is 3.46. The number of carbonyl (C=O) groups excluding carboxylic acids is 1. The van der Waals surface area contributed by atoms with Crippen molar-refractivity contribution in [2.24, 2.45) is 0 Å². The number of urea groups is 1. The lowest BCUT2D eigenvalue weighted by Gasteiger charge is -2.30. The van der Waals surface area contributed by atoms with E-state index in [4.69, 9.17) is 0 Å². The standard InChI is InChI=1S/C20H33N3O/c1-22(2)19(15-17-11-7-6-8-12-17)16-21-20(24)23(3)18-13-9-4-5-10-14-18/h6-8,11-12,18-19H,4-5,9-10,13-16H2,1-3H3,(H,21,24). The van der Waals surface area contributed by atoms with E-state index in [1.54, 1.807) is 0 Å². The SMILES string of the molecule is CN(C)C(CNC(=O)N(C)C1CCCCCC1)Cc1ccccc1. The Hall–Kier alpha value is -1.55. The van der Waals surface area contributed by atoms with Crippen molar-refractivity contribution in [1.29, 1.82) is 0 Å². The Labute approximate surface area is 147 Å². The zero-order valence-electron chi connectivity index (χ0n) is 15.5. The summed E-state index contributed by atoms with van der Waals surface area (Å²) in [5.41, 5.74) is 1.31. The van der Waals surface area contributed by atoms with Crippen LogP contribution >= 0.6 is 0 Å². The van der Waals surface area contributed by atoms with E-state index >= 15 is 0 Å². The topological polar surface area (TPSA) is 35.6 Å². The Morgan fingerprint density at radius 2 is 1.71 bits per heavy atom. The first-order valence-electron chi connectivity index (χ1n) is 9.29. The molecule has 134 valence electrons. The van der Waals surface area contributed by atoms with Gasteiger partial charge in [-0.05, 0) is 38.9 Å². The second-order valence-electron chi connectivity index (χ2n) is 7.25. The van der Waals surface area contributed by atoms with E-state index in [1.165, 1.54) is 31.2 Å². The normalized spacial score (nSPS) is 17.3. The van der Waals surface area contributed by atoms with E-state index in [2.05, 4.69) is 48.6 Å². The maximum absolute atomic E-state index is 12.5. The molecule has 0 bridgehead atoms. The Morgan fingerprint density at radius 3 is 2.29 bits per heavy atom. The molecule has 2 amide bonds. The lowest BCUT2D eigenvalue weighted by molar-refractivity contribution is 0.179. The Morgan fingerprint density at radius 1 is 1.08 bits per heavy atom. The Bertz CT molecular complexity index is 481. The highest BCUT2D eigenvalue weighted by Gasteiger charge is 2.22. The van der Waals surface area contributed by atoms with Gasteiger partial charge < -0.3 is 15.1 Å². The highest BCUT2D eigenvalue weighted by atomic mass is 16.2. The number of hydrogen-bond acceptors (Lipinski definition) is 2. The molecule has 0 heterocycles. The summed E-state index contributed by atoms with van der Waals surface area (Å²) in [7, 11) is 6.11. The Kier molecular flexibility index (Phi) is 7.57. The molecule has 24 heavy (non-hydrogen) atoms. The average molecular weight is 332 g/mol. The number of likely N-dealkylation sites (N-methyl/N-ethyl adjacent to an activating group) is 1. The van der Waals surface area contributed by atoms with Gasteiger partial charge in [-0.1, -0.05) is 56.0 Å². The van der Waals surface area contributed by atoms with Gasteiger partial charge in [0.25, 0.3) is 0 Å². The summed E-state index contributed by atoms with van der Waals surface area (Å²) in [5, 5.41) is 3.15. The lowest BCUT2D eigenvalue weighted by atomic mass is 10.1. The molecule has 0 spiro atoms. The molecule has 4 heteroatoms. The molecule has 1 aromatic rings. The maximum atomic E-state index is 12.5. The predicted molar refractivity (Wildman–Crippen MR) is 100 cm³/mol. The zero-order chi connectivity index (χ0) is 17.4. The quantitative estimate of drug-likeness (QED) is 0.810. The number of hydrogen-bond donors (Lipinski definition) is 1. The van der Waals surface area contributed by atoms with Gasteiger partial charge in [0.1, 0.15) is 0 Å². The largest absolute Gasteiger partial charge is 0.336 e. The number of carbonyl (C=O) groups is 1. The molecule has 1 fully saturated rings. The monoisotopic (exact) mass is 331 g/mol. The van der Waals surface area contributed by atoms with Crippen molar-refractivity contribution in [2.75, 3.05) is 27.7 Å². The number of benzene rings is 1. The van der Waals surface area contributed by atoms with E-state index in [1.807, 2.05) is 18.0 Å². The lowest BCUT2D eigenvalue weighted by Crippen LogP contribution is -2.48. The summed E-state index contributed by atoms with van der Waals surface area (Å²) in [6.45, 7) is 0.678. The van der Waals surface area contributed by atoms with Gasteiger partial charge in [-0.2, -0.15) is 0 Å². The first-order chi connectivity index (χ1) is 11.6. The van der Waals surface area contributed by atoms with Crippen molar-refractivity contribution in [1.82, 2.24) is 15.1 Å². The molecule has 4 nitrogen and oxygen atoms in total. The van der Waals surface area contributed by atoms with Crippen LogP contribution in [0.25, 0.3) is 0 Å². The third-order valence-electron chi connectivity index (χ3n) is 5.23. The van der Waals surface area contributed by atoms with Crippen LogP contribution < -0.4 is 5.32 Å². The summed E-state index contributed by atoms with van der Waals surface area (Å²) >= 11 is 0. The fourth-order valence-corrected chi connectivity index (χ4v) is 3.46. The van der Waals surface area contributed by atoms with Gasteiger partial charge in [0.2, 0.25) is 0 Å². The highest BCUT2D eigenvalue weighted by Crippen LogP contribution is 2.21. The van der Waals surface area contributed by atoms with Crippen LogP contribution in [0.1, 0.15) is 44.1 Å². The number of rotatable bonds is 6. The van der Waals surface area contributed by atoms with Gasteiger partial charge >= 0.3 is 6.03 Å². The molecule has 2 rings (SSSR count). The minimum absolute atomic E-state index is 0.0711. The molecule has 1 saturated carbocycles. The van der Waals surface area contributed by atoms with E-state index < -0.39 is 0 Å².